The van der Waals surface area contributed by atoms with Crippen LogP contribution in [0.3, 0.4) is 0 Å². The number of aromatic hydroxyl groups is 1. The second kappa shape index (κ2) is 8.41. The number of amides is 1. The fourth-order valence-electron chi connectivity index (χ4n) is 6.03. The van der Waals surface area contributed by atoms with Gasteiger partial charge in [0.25, 0.3) is 0 Å². The molecule has 5 atom stereocenters. The number of nitrogens with two attached hydrogens (primary N) is 1. The molecule has 0 bridgehead atoms. The minimum absolute atomic E-state index is 0.0214. The van der Waals surface area contributed by atoms with E-state index in [2.05, 4.69) is 0 Å². The Bertz CT molecular complexity index is 1120. The van der Waals surface area contributed by atoms with E-state index in [4.69, 9.17) is 5.73 Å². The van der Waals surface area contributed by atoms with Crippen molar-refractivity contribution in [3.8, 4) is 5.75 Å². The van der Waals surface area contributed by atoms with E-state index in [0.29, 0.717) is 18.4 Å². The number of aliphatic hydroxyl groups is 4. The maximum atomic E-state index is 13.6. The fraction of sp³-hybridized carbons (Fsp3) is 0.520. The summed E-state index contributed by atoms with van der Waals surface area (Å²) >= 11 is 0. The summed E-state index contributed by atoms with van der Waals surface area (Å²) in [5.41, 5.74) is 4.93. The molecule has 1 amide bonds. The molecule has 4 rings (SSSR count). The Hall–Kier alpha value is -2.88. The molecular formula is C25H32N2O7. The van der Waals surface area contributed by atoms with Gasteiger partial charge in [0.15, 0.2) is 5.78 Å². The highest BCUT2D eigenvalue weighted by Gasteiger charge is 2.58. The van der Waals surface area contributed by atoms with Gasteiger partial charge in [-0.25, -0.2) is 0 Å². The molecule has 0 aliphatic heterocycles. The summed E-state index contributed by atoms with van der Waals surface area (Å²) in [7, 11) is 3.38. The van der Waals surface area contributed by atoms with Crippen LogP contribution in [0.4, 0.5) is 0 Å². The van der Waals surface area contributed by atoms with E-state index in [1.807, 2.05) is 6.92 Å². The molecule has 5 unspecified atom stereocenters. The number of carbonyl (C=O) groups excluding carboxylic acids is 2. The standard InChI is InChI=1S/C25H32N2O7/c1-11(10-28)6-12-4-5-17(29)19-14(12)7-13-8-16-20(27(2)3)21(30)15(24(26)33)9-25(16,34)23(32)18(13)22(19)31/h4-5,11,13,16,20,28-30,32,34H,6-10H2,1-3H3,(H2,26,33). The number of allylic oxidation sites excluding steroid dienone is 1. The third-order valence-electron chi connectivity index (χ3n) is 7.69. The van der Waals surface area contributed by atoms with Gasteiger partial charge in [0.05, 0.1) is 17.2 Å². The van der Waals surface area contributed by atoms with Crippen LogP contribution in [0, 0.1) is 17.8 Å². The van der Waals surface area contributed by atoms with Crippen LogP contribution in [0.2, 0.25) is 0 Å². The number of benzene rings is 1. The maximum absolute atomic E-state index is 13.6. The number of phenolic OH excluding ortho intramolecular Hbond substituents is 1. The van der Waals surface area contributed by atoms with Gasteiger partial charge in [-0.1, -0.05) is 13.0 Å². The lowest BCUT2D eigenvalue weighted by Crippen LogP contribution is -2.59. The van der Waals surface area contributed by atoms with Crippen molar-refractivity contribution in [3.63, 3.8) is 0 Å². The van der Waals surface area contributed by atoms with E-state index in [1.165, 1.54) is 6.07 Å². The number of hydrogen-bond donors (Lipinski definition) is 6. The second-order valence-corrected chi connectivity index (χ2v) is 10.2. The molecule has 3 aliphatic rings. The van der Waals surface area contributed by atoms with Gasteiger partial charge in [0.2, 0.25) is 5.91 Å². The van der Waals surface area contributed by atoms with Crippen LogP contribution in [-0.2, 0) is 17.6 Å². The largest absolute Gasteiger partial charge is 0.510 e. The SMILES string of the molecule is CC(CO)Cc1ccc(O)c2c1CC1CC3C(N(C)C)C(O)=C(C(N)=O)CC3(O)C(O)=C1C2=O. The first-order valence-electron chi connectivity index (χ1n) is 11.5. The molecule has 0 heterocycles. The van der Waals surface area contributed by atoms with Gasteiger partial charge >= 0.3 is 0 Å². The van der Waals surface area contributed by atoms with Crippen LogP contribution < -0.4 is 5.73 Å². The first-order valence-corrected chi connectivity index (χ1v) is 11.5. The van der Waals surface area contributed by atoms with Crippen LogP contribution in [0.25, 0.3) is 0 Å². The smallest absolute Gasteiger partial charge is 0.248 e. The number of likely N-dealkylation sites (N-methyl/N-ethyl adjacent to an activating group) is 1. The average Bonchev–Trinajstić information content (AvgIpc) is 2.76. The number of fused-ring (bicyclic) bond motifs is 3. The lowest BCUT2D eigenvalue weighted by Gasteiger charge is -2.51. The molecule has 184 valence electrons. The molecule has 0 fully saturated rings. The zero-order valence-corrected chi connectivity index (χ0v) is 19.6. The molecule has 1 aromatic carbocycles. The molecule has 0 aromatic heterocycles. The highest BCUT2D eigenvalue weighted by atomic mass is 16.3. The molecule has 0 saturated carbocycles. The molecule has 3 aliphatic carbocycles. The number of aliphatic hydroxyl groups excluding tert-OH is 3. The van der Waals surface area contributed by atoms with Crippen molar-refractivity contribution in [2.75, 3.05) is 20.7 Å². The molecule has 7 N–H and O–H groups in total. The number of nitrogens with zero attached hydrogens (tertiary/aromatic N) is 1. The van der Waals surface area contributed by atoms with Crippen molar-refractivity contribution in [2.24, 2.45) is 23.5 Å². The molecule has 0 spiro atoms. The van der Waals surface area contributed by atoms with Gasteiger partial charge in [0, 0.05) is 24.5 Å². The van der Waals surface area contributed by atoms with E-state index < -0.39 is 47.3 Å². The lowest BCUT2D eigenvalue weighted by molar-refractivity contribution is -0.118. The van der Waals surface area contributed by atoms with Crippen LogP contribution >= 0.6 is 0 Å². The Morgan fingerprint density at radius 3 is 2.53 bits per heavy atom. The highest BCUT2D eigenvalue weighted by Crippen LogP contribution is 2.53. The predicted molar refractivity (Wildman–Crippen MR) is 123 cm³/mol. The zero-order valence-electron chi connectivity index (χ0n) is 19.6. The number of primary amides is 1. The van der Waals surface area contributed by atoms with Crippen LogP contribution in [0.1, 0.15) is 41.3 Å². The van der Waals surface area contributed by atoms with Crippen molar-refractivity contribution in [1.82, 2.24) is 4.90 Å². The highest BCUT2D eigenvalue weighted by molar-refractivity contribution is 6.13. The van der Waals surface area contributed by atoms with Gasteiger partial charge in [-0.15, -0.1) is 0 Å². The van der Waals surface area contributed by atoms with Crippen molar-refractivity contribution in [3.05, 3.63) is 51.5 Å². The molecular weight excluding hydrogens is 440 g/mol. The first kappa shape index (κ1) is 24.3. The third-order valence-corrected chi connectivity index (χ3v) is 7.69. The van der Waals surface area contributed by atoms with Crippen molar-refractivity contribution < 1.29 is 35.1 Å². The molecule has 1 aromatic rings. The number of rotatable bonds is 5. The van der Waals surface area contributed by atoms with E-state index in [1.54, 1.807) is 25.1 Å². The first-order chi connectivity index (χ1) is 15.9. The molecule has 0 radical (unpaired) electrons. The summed E-state index contributed by atoms with van der Waals surface area (Å²) < 4.78 is 0. The van der Waals surface area contributed by atoms with Crippen molar-refractivity contribution in [1.29, 1.82) is 0 Å². The number of Topliss-reactive ketones (excluding diaryl/α,β-unsaturated/α-hetero) is 1. The number of carbonyl (C=O) groups is 2. The Kier molecular flexibility index (Phi) is 6.00. The normalized spacial score (nSPS) is 29.6. The third kappa shape index (κ3) is 3.50. The number of ketones is 1. The number of phenols is 1. The predicted octanol–water partition coefficient (Wildman–Crippen LogP) is 1.11. The van der Waals surface area contributed by atoms with Crippen LogP contribution in [0.5, 0.6) is 5.75 Å². The lowest BCUT2D eigenvalue weighted by atomic mass is 9.59. The van der Waals surface area contributed by atoms with E-state index in [0.717, 1.165) is 5.56 Å². The molecule has 34 heavy (non-hydrogen) atoms. The Labute approximate surface area is 197 Å². The number of hydrogen-bond acceptors (Lipinski definition) is 8. The minimum Gasteiger partial charge on any atom is -0.510 e. The molecule has 9 heteroatoms. The Morgan fingerprint density at radius 2 is 1.94 bits per heavy atom. The van der Waals surface area contributed by atoms with Gasteiger partial charge < -0.3 is 31.3 Å². The maximum Gasteiger partial charge on any atom is 0.248 e. The Balaban J connectivity index is 1.87. The minimum atomic E-state index is -1.97. The van der Waals surface area contributed by atoms with Gasteiger partial charge in [-0.3, -0.25) is 14.5 Å². The Morgan fingerprint density at radius 1 is 1.26 bits per heavy atom. The summed E-state index contributed by atoms with van der Waals surface area (Å²) in [5, 5.41) is 53.8. The van der Waals surface area contributed by atoms with E-state index >= 15 is 0 Å². The van der Waals surface area contributed by atoms with E-state index in [9.17, 15) is 35.1 Å². The van der Waals surface area contributed by atoms with E-state index in [-0.39, 0.29) is 47.2 Å². The zero-order chi connectivity index (χ0) is 25.1. The van der Waals surface area contributed by atoms with Gasteiger partial charge in [0.1, 0.15) is 22.9 Å². The molecule has 0 saturated heterocycles. The van der Waals surface area contributed by atoms with Gasteiger partial charge in [-0.2, -0.15) is 0 Å². The van der Waals surface area contributed by atoms with Crippen molar-refractivity contribution in [2.45, 2.75) is 44.2 Å². The fourth-order valence-corrected chi connectivity index (χ4v) is 6.03. The van der Waals surface area contributed by atoms with Gasteiger partial charge in [-0.05, 0) is 62.4 Å². The monoisotopic (exact) mass is 472 g/mol. The topological polar surface area (TPSA) is 165 Å². The average molecular weight is 473 g/mol. The van der Waals surface area contributed by atoms with Crippen molar-refractivity contribution >= 4 is 11.7 Å². The summed E-state index contributed by atoms with van der Waals surface area (Å²) in [4.78, 5) is 27.3. The summed E-state index contributed by atoms with van der Waals surface area (Å²) in [6, 6.07) is 2.39. The second-order valence-electron chi connectivity index (χ2n) is 10.2. The van der Waals surface area contributed by atoms with Crippen LogP contribution in [0.15, 0.2) is 34.8 Å². The summed E-state index contributed by atoms with van der Waals surface area (Å²) in [5.74, 6) is -3.65. The molecule has 9 nitrogen and oxygen atoms in total. The summed E-state index contributed by atoms with van der Waals surface area (Å²) in [6.45, 7) is 1.86. The summed E-state index contributed by atoms with van der Waals surface area (Å²) in [6.07, 6.45) is 0.724. The quantitative estimate of drug-likeness (QED) is 0.371. The van der Waals surface area contributed by atoms with Crippen LogP contribution in [-0.4, -0.2) is 74.5 Å².